The number of rotatable bonds is 6. The highest BCUT2D eigenvalue weighted by atomic mass is 35.5. The Balaban J connectivity index is 1.50. The minimum atomic E-state index is -0.190. The number of halogens is 1. The molecule has 1 unspecified atom stereocenters. The highest BCUT2D eigenvalue weighted by Gasteiger charge is 2.25. The zero-order chi connectivity index (χ0) is 19.2. The first kappa shape index (κ1) is 19.7. The second-order valence-corrected chi connectivity index (χ2v) is 7.22. The Morgan fingerprint density at radius 3 is 2.48 bits per heavy atom. The summed E-state index contributed by atoms with van der Waals surface area (Å²) in [5.41, 5.74) is 2.01. The maximum atomic E-state index is 12.6. The van der Waals surface area contributed by atoms with Gasteiger partial charge in [0.05, 0.1) is 18.2 Å². The van der Waals surface area contributed by atoms with Crippen LogP contribution in [0.15, 0.2) is 48.5 Å². The number of methoxy groups -OCH3 is 1. The molecule has 1 aliphatic heterocycles. The van der Waals surface area contributed by atoms with E-state index >= 15 is 0 Å². The molecule has 0 aromatic heterocycles. The van der Waals surface area contributed by atoms with Gasteiger partial charge >= 0.3 is 0 Å². The molecule has 6 heteroatoms. The van der Waals surface area contributed by atoms with E-state index in [4.69, 9.17) is 16.3 Å². The molecule has 2 aromatic carbocycles. The molecule has 144 valence electrons. The van der Waals surface area contributed by atoms with Crippen molar-refractivity contribution in [2.75, 3.05) is 38.6 Å². The molecular formula is C21H26ClN3O2. The Morgan fingerprint density at radius 2 is 1.85 bits per heavy atom. The lowest BCUT2D eigenvalue weighted by molar-refractivity contribution is -0.121. The van der Waals surface area contributed by atoms with E-state index in [1.165, 1.54) is 5.56 Å². The summed E-state index contributed by atoms with van der Waals surface area (Å²) in [4.78, 5) is 17.3. The van der Waals surface area contributed by atoms with Crippen LogP contribution in [-0.4, -0.2) is 55.0 Å². The summed E-state index contributed by atoms with van der Waals surface area (Å²) in [6.45, 7) is 6.59. The minimum absolute atomic E-state index is 0.0206. The van der Waals surface area contributed by atoms with E-state index in [0.717, 1.165) is 32.7 Å². The van der Waals surface area contributed by atoms with E-state index in [2.05, 4.69) is 39.4 Å². The van der Waals surface area contributed by atoms with Crippen molar-refractivity contribution in [2.45, 2.75) is 19.5 Å². The largest absolute Gasteiger partial charge is 0.495 e. The molecule has 0 saturated carbocycles. The van der Waals surface area contributed by atoms with Crippen LogP contribution in [-0.2, 0) is 11.3 Å². The van der Waals surface area contributed by atoms with E-state index in [1.54, 1.807) is 25.3 Å². The Morgan fingerprint density at radius 1 is 1.15 bits per heavy atom. The molecule has 1 heterocycles. The van der Waals surface area contributed by atoms with Gasteiger partial charge in [0.1, 0.15) is 5.75 Å². The molecule has 0 spiro atoms. The van der Waals surface area contributed by atoms with Crippen LogP contribution in [0.2, 0.25) is 5.02 Å². The van der Waals surface area contributed by atoms with Gasteiger partial charge in [0.25, 0.3) is 0 Å². The summed E-state index contributed by atoms with van der Waals surface area (Å²) in [6.07, 6.45) is 0. The number of ether oxygens (including phenoxy) is 1. The molecule has 0 bridgehead atoms. The van der Waals surface area contributed by atoms with Crippen LogP contribution >= 0.6 is 11.6 Å². The molecular weight excluding hydrogens is 362 g/mol. The predicted octanol–water partition coefficient (Wildman–Crippen LogP) is 3.49. The Bertz CT molecular complexity index is 761. The summed E-state index contributed by atoms with van der Waals surface area (Å²) in [5.74, 6) is 0.574. The molecule has 1 atom stereocenters. The lowest BCUT2D eigenvalue weighted by atomic mass is 10.1. The van der Waals surface area contributed by atoms with Gasteiger partial charge in [0.15, 0.2) is 0 Å². The van der Waals surface area contributed by atoms with Crippen molar-refractivity contribution in [1.82, 2.24) is 9.80 Å². The molecule has 1 fully saturated rings. The smallest absolute Gasteiger partial charge is 0.241 e. The van der Waals surface area contributed by atoms with Gasteiger partial charge in [0, 0.05) is 38.4 Å². The van der Waals surface area contributed by atoms with Crippen LogP contribution in [0.5, 0.6) is 5.75 Å². The number of carbonyl (C=O) groups excluding carboxylic acids is 1. The van der Waals surface area contributed by atoms with Crippen molar-refractivity contribution < 1.29 is 9.53 Å². The average Bonchev–Trinajstić information content (AvgIpc) is 2.69. The molecule has 1 saturated heterocycles. The summed E-state index contributed by atoms with van der Waals surface area (Å²) in [5, 5.41) is 3.43. The fraction of sp³-hybridized carbons (Fsp3) is 0.381. The molecule has 3 rings (SSSR count). The van der Waals surface area contributed by atoms with Crippen molar-refractivity contribution in [2.24, 2.45) is 0 Å². The van der Waals surface area contributed by atoms with Gasteiger partial charge in [-0.2, -0.15) is 0 Å². The van der Waals surface area contributed by atoms with Crippen LogP contribution in [0.4, 0.5) is 5.69 Å². The van der Waals surface area contributed by atoms with Gasteiger partial charge in [-0.05, 0) is 30.7 Å². The van der Waals surface area contributed by atoms with E-state index in [1.807, 2.05) is 13.0 Å². The zero-order valence-corrected chi connectivity index (χ0v) is 16.6. The van der Waals surface area contributed by atoms with Crippen LogP contribution in [0.1, 0.15) is 12.5 Å². The number of hydrogen-bond donors (Lipinski definition) is 1. The molecule has 5 nitrogen and oxygen atoms in total. The standard InChI is InChI=1S/C21H26ClN3O2/c1-16(21(26)23-18-8-9-20(27-2)19(22)14-18)25-12-10-24(11-13-25)15-17-6-4-3-5-7-17/h3-9,14,16H,10-13,15H2,1-2H3,(H,23,26). The first-order valence-corrected chi connectivity index (χ1v) is 9.59. The summed E-state index contributed by atoms with van der Waals surface area (Å²) in [6, 6.07) is 15.6. The molecule has 1 N–H and O–H groups in total. The molecule has 27 heavy (non-hydrogen) atoms. The summed E-state index contributed by atoms with van der Waals surface area (Å²) < 4.78 is 5.14. The topological polar surface area (TPSA) is 44.8 Å². The van der Waals surface area contributed by atoms with Crippen molar-refractivity contribution in [3.05, 3.63) is 59.1 Å². The first-order chi connectivity index (χ1) is 13.1. The number of piperazine rings is 1. The summed E-state index contributed by atoms with van der Waals surface area (Å²) >= 11 is 6.13. The van der Waals surface area contributed by atoms with E-state index < -0.39 is 0 Å². The van der Waals surface area contributed by atoms with Crippen molar-refractivity contribution in [3.63, 3.8) is 0 Å². The second kappa shape index (κ2) is 9.22. The third-order valence-corrected chi connectivity index (χ3v) is 5.30. The van der Waals surface area contributed by atoms with Crippen molar-refractivity contribution in [1.29, 1.82) is 0 Å². The van der Waals surface area contributed by atoms with Crippen molar-refractivity contribution >= 4 is 23.2 Å². The minimum Gasteiger partial charge on any atom is -0.495 e. The summed E-state index contributed by atoms with van der Waals surface area (Å²) in [7, 11) is 1.57. The highest BCUT2D eigenvalue weighted by molar-refractivity contribution is 6.32. The lowest BCUT2D eigenvalue weighted by Crippen LogP contribution is -2.52. The van der Waals surface area contributed by atoms with Gasteiger partial charge in [-0.15, -0.1) is 0 Å². The molecule has 2 aromatic rings. The van der Waals surface area contributed by atoms with Crippen LogP contribution in [0, 0.1) is 0 Å². The average molecular weight is 388 g/mol. The van der Waals surface area contributed by atoms with Crippen LogP contribution < -0.4 is 10.1 Å². The lowest BCUT2D eigenvalue weighted by Gasteiger charge is -2.37. The highest BCUT2D eigenvalue weighted by Crippen LogP contribution is 2.27. The monoisotopic (exact) mass is 387 g/mol. The molecule has 0 radical (unpaired) electrons. The zero-order valence-electron chi connectivity index (χ0n) is 15.8. The Labute approximate surface area is 165 Å². The van der Waals surface area contributed by atoms with Gasteiger partial charge in [-0.1, -0.05) is 41.9 Å². The maximum Gasteiger partial charge on any atom is 0.241 e. The fourth-order valence-electron chi connectivity index (χ4n) is 3.31. The number of nitrogens with one attached hydrogen (secondary N) is 1. The predicted molar refractivity (Wildman–Crippen MR) is 109 cm³/mol. The third kappa shape index (κ3) is 5.22. The molecule has 0 aliphatic carbocycles. The van der Waals surface area contributed by atoms with E-state index in [-0.39, 0.29) is 11.9 Å². The number of amides is 1. The maximum absolute atomic E-state index is 12.6. The number of benzene rings is 2. The fourth-order valence-corrected chi connectivity index (χ4v) is 3.56. The molecule has 1 aliphatic rings. The molecule has 1 amide bonds. The second-order valence-electron chi connectivity index (χ2n) is 6.81. The number of anilines is 1. The van der Waals surface area contributed by atoms with E-state index in [0.29, 0.717) is 16.5 Å². The van der Waals surface area contributed by atoms with Gasteiger partial charge < -0.3 is 10.1 Å². The van der Waals surface area contributed by atoms with Crippen molar-refractivity contribution in [3.8, 4) is 5.75 Å². The normalized spacial score (nSPS) is 16.7. The SMILES string of the molecule is COc1ccc(NC(=O)C(C)N2CCN(Cc3ccccc3)CC2)cc1Cl. The number of nitrogens with zero attached hydrogens (tertiary/aromatic N) is 2. The van der Waals surface area contributed by atoms with Gasteiger partial charge in [-0.3, -0.25) is 14.6 Å². The third-order valence-electron chi connectivity index (χ3n) is 5.00. The van der Waals surface area contributed by atoms with Crippen LogP contribution in [0.25, 0.3) is 0 Å². The number of carbonyl (C=O) groups is 1. The van der Waals surface area contributed by atoms with Crippen LogP contribution in [0.3, 0.4) is 0 Å². The Kier molecular flexibility index (Phi) is 6.72. The Hall–Kier alpha value is -2.08. The van der Waals surface area contributed by atoms with Gasteiger partial charge in [-0.25, -0.2) is 0 Å². The van der Waals surface area contributed by atoms with E-state index in [9.17, 15) is 4.79 Å². The number of hydrogen-bond acceptors (Lipinski definition) is 4. The first-order valence-electron chi connectivity index (χ1n) is 9.21. The quantitative estimate of drug-likeness (QED) is 0.824. The van der Waals surface area contributed by atoms with Gasteiger partial charge in [0.2, 0.25) is 5.91 Å².